The molecule has 23 heavy (non-hydrogen) atoms. The van der Waals surface area contributed by atoms with Crippen molar-refractivity contribution in [1.82, 2.24) is 10.6 Å². The Kier molecular flexibility index (Phi) is 7.64. The first-order chi connectivity index (χ1) is 10.3. The number of fused-ring (bicyclic) bond motifs is 1. The van der Waals surface area contributed by atoms with Crippen LogP contribution >= 0.6 is 24.0 Å². The molecule has 2 aliphatic rings. The van der Waals surface area contributed by atoms with Crippen molar-refractivity contribution in [1.29, 1.82) is 0 Å². The van der Waals surface area contributed by atoms with Gasteiger partial charge in [0, 0.05) is 37.1 Å². The van der Waals surface area contributed by atoms with Crippen molar-refractivity contribution in [2.45, 2.75) is 73.0 Å². The molecule has 1 heterocycles. The molecule has 1 saturated carbocycles. The van der Waals surface area contributed by atoms with Crippen LogP contribution in [-0.2, 0) is 4.74 Å². The van der Waals surface area contributed by atoms with E-state index < -0.39 is 0 Å². The summed E-state index contributed by atoms with van der Waals surface area (Å²) in [6.45, 7) is 16.3. The van der Waals surface area contributed by atoms with Crippen molar-refractivity contribution in [3.63, 3.8) is 0 Å². The number of aliphatic imine (C=N–C) groups is 1. The molecular weight excluding hydrogens is 401 g/mol. The lowest BCUT2D eigenvalue weighted by Gasteiger charge is -2.54. The standard InChI is InChI=1S/C18H35N3O.HI/c1-7-19-16(20-11-8-10-17(2,3)4)21-14-13-9-12-22-15(13)18(14,5)6;/h13-15H,7-12H2,1-6H3,(H2,19,20,21);1H. The number of nitrogens with zero attached hydrogens (tertiary/aromatic N) is 1. The Balaban J connectivity index is 0.00000264. The number of hydrogen-bond acceptors (Lipinski definition) is 2. The van der Waals surface area contributed by atoms with Gasteiger partial charge in [-0.05, 0) is 31.6 Å². The smallest absolute Gasteiger partial charge is 0.191 e. The van der Waals surface area contributed by atoms with E-state index in [1.54, 1.807) is 0 Å². The zero-order valence-corrected chi connectivity index (χ0v) is 18.1. The molecule has 0 aromatic heterocycles. The van der Waals surface area contributed by atoms with Crippen LogP contribution < -0.4 is 10.6 Å². The molecule has 0 aromatic rings. The van der Waals surface area contributed by atoms with Gasteiger partial charge in [0.2, 0.25) is 0 Å². The maximum atomic E-state index is 5.87. The van der Waals surface area contributed by atoms with Gasteiger partial charge in [0.25, 0.3) is 0 Å². The molecule has 2 N–H and O–H groups in total. The lowest BCUT2D eigenvalue weighted by atomic mass is 9.57. The third-order valence-electron chi connectivity index (χ3n) is 5.09. The molecule has 0 aromatic carbocycles. The predicted octanol–water partition coefficient (Wildman–Crippen LogP) is 3.80. The molecule has 4 nitrogen and oxygen atoms in total. The lowest BCUT2D eigenvalue weighted by molar-refractivity contribution is -0.106. The Morgan fingerprint density at radius 2 is 2.00 bits per heavy atom. The van der Waals surface area contributed by atoms with Crippen molar-refractivity contribution in [3.8, 4) is 0 Å². The van der Waals surface area contributed by atoms with E-state index >= 15 is 0 Å². The second-order valence-electron chi connectivity index (χ2n) is 8.61. The Morgan fingerprint density at radius 1 is 1.30 bits per heavy atom. The van der Waals surface area contributed by atoms with Gasteiger partial charge in [0.15, 0.2) is 5.96 Å². The van der Waals surface area contributed by atoms with Gasteiger partial charge in [0.05, 0.1) is 6.10 Å². The molecule has 5 heteroatoms. The fraction of sp³-hybridized carbons (Fsp3) is 0.944. The highest BCUT2D eigenvalue weighted by Crippen LogP contribution is 2.52. The quantitative estimate of drug-likeness (QED) is 0.298. The molecule has 0 bridgehead atoms. The van der Waals surface area contributed by atoms with E-state index in [4.69, 9.17) is 9.73 Å². The Labute approximate surface area is 159 Å². The highest BCUT2D eigenvalue weighted by molar-refractivity contribution is 14.0. The van der Waals surface area contributed by atoms with Gasteiger partial charge in [0.1, 0.15) is 0 Å². The molecule has 3 atom stereocenters. The van der Waals surface area contributed by atoms with E-state index in [1.165, 1.54) is 12.8 Å². The molecule has 0 radical (unpaired) electrons. The monoisotopic (exact) mass is 437 g/mol. The van der Waals surface area contributed by atoms with Gasteiger partial charge in [-0.25, -0.2) is 0 Å². The van der Waals surface area contributed by atoms with Crippen LogP contribution in [0.4, 0.5) is 0 Å². The summed E-state index contributed by atoms with van der Waals surface area (Å²) in [6, 6.07) is 0.473. The predicted molar refractivity (Wildman–Crippen MR) is 109 cm³/mol. The normalized spacial score (nSPS) is 29.3. The van der Waals surface area contributed by atoms with Crippen molar-refractivity contribution >= 4 is 29.9 Å². The fourth-order valence-corrected chi connectivity index (χ4v) is 3.88. The molecule has 1 aliphatic heterocycles. The topological polar surface area (TPSA) is 45.7 Å². The number of nitrogens with one attached hydrogen (secondary N) is 2. The summed E-state index contributed by atoms with van der Waals surface area (Å²) in [4.78, 5) is 4.77. The highest BCUT2D eigenvalue weighted by atomic mass is 127. The van der Waals surface area contributed by atoms with Crippen molar-refractivity contribution in [2.75, 3.05) is 19.7 Å². The van der Waals surface area contributed by atoms with Crippen molar-refractivity contribution in [2.24, 2.45) is 21.7 Å². The number of rotatable bonds is 5. The first-order valence-corrected chi connectivity index (χ1v) is 8.92. The molecule has 2 fully saturated rings. The minimum atomic E-state index is 0. The van der Waals surface area contributed by atoms with Gasteiger partial charge >= 0.3 is 0 Å². The molecule has 0 spiro atoms. The molecular formula is C18H36IN3O. The Hall–Kier alpha value is -0.0400. The van der Waals surface area contributed by atoms with Crippen LogP contribution in [0, 0.1) is 16.7 Å². The highest BCUT2D eigenvalue weighted by Gasteiger charge is 2.59. The zero-order chi connectivity index (χ0) is 16.4. The van der Waals surface area contributed by atoms with Gasteiger partial charge in [-0.2, -0.15) is 0 Å². The minimum Gasteiger partial charge on any atom is -0.377 e. The van der Waals surface area contributed by atoms with E-state index in [1.807, 2.05) is 0 Å². The summed E-state index contributed by atoms with van der Waals surface area (Å²) in [7, 11) is 0. The first-order valence-electron chi connectivity index (χ1n) is 8.92. The summed E-state index contributed by atoms with van der Waals surface area (Å²) >= 11 is 0. The molecule has 3 unspecified atom stereocenters. The summed E-state index contributed by atoms with van der Waals surface area (Å²) in [5.74, 6) is 1.62. The van der Waals surface area contributed by atoms with Crippen LogP contribution in [0.3, 0.4) is 0 Å². The van der Waals surface area contributed by atoms with Crippen LogP contribution in [0.5, 0.6) is 0 Å². The summed E-state index contributed by atoms with van der Waals surface area (Å²) in [5.41, 5.74) is 0.592. The molecule has 136 valence electrons. The lowest BCUT2D eigenvalue weighted by Crippen LogP contribution is -2.67. The third kappa shape index (κ3) is 5.21. The van der Waals surface area contributed by atoms with Crippen LogP contribution in [-0.4, -0.2) is 37.8 Å². The largest absolute Gasteiger partial charge is 0.377 e. The number of ether oxygens (including phenoxy) is 1. The molecule has 1 aliphatic carbocycles. The Morgan fingerprint density at radius 3 is 2.61 bits per heavy atom. The van der Waals surface area contributed by atoms with Crippen LogP contribution in [0.1, 0.15) is 60.8 Å². The van der Waals surface area contributed by atoms with E-state index in [-0.39, 0.29) is 29.4 Å². The van der Waals surface area contributed by atoms with E-state index in [0.717, 1.165) is 32.1 Å². The number of halogens is 1. The van der Waals surface area contributed by atoms with Crippen molar-refractivity contribution < 1.29 is 4.74 Å². The zero-order valence-electron chi connectivity index (χ0n) is 15.7. The third-order valence-corrected chi connectivity index (χ3v) is 5.09. The van der Waals surface area contributed by atoms with Crippen LogP contribution in [0.15, 0.2) is 4.99 Å². The van der Waals surface area contributed by atoms with Gasteiger partial charge in [-0.1, -0.05) is 34.6 Å². The fourth-order valence-electron chi connectivity index (χ4n) is 3.88. The average Bonchev–Trinajstić information content (AvgIpc) is 2.86. The summed E-state index contributed by atoms with van der Waals surface area (Å²) in [6.07, 6.45) is 3.95. The second kappa shape index (κ2) is 8.37. The van der Waals surface area contributed by atoms with E-state index in [0.29, 0.717) is 23.5 Å². The molecule has 0 amide bonds. The Bertz CT molecular complexity index is 404. The number of hydrogen-bond donors (Lipinski definition) is 2. The maximum Gasteiger partial charge on any atom is 0.191 e. The van der Waals surface area contributed by atoms with Crippen LogP contribution in [0.25, 0.3) is 0 Å². The summed E-state index contributed by atoms with van der Waals surface area (Å²) in [5, 5.41) is 7.07. The summed E-state index contributed by atoms with van der Waals surface area (Å²) < 4.78 is 5.87. The van der Waals surface area contributed by atoms with Gasteiger partial charge in [-0.15, -0.1) is 24.0 Å². The number of guanidine groups is 1. The molecule has 2 rings (SSSR count). The molecule has 1 saturated heterocycles. The first kappa shape index (κ1) is 21.0. The minimum absolute atomic E-state index is 0. The van der Waals surface area contributed by atoms with E-state index in [2.05, 4.69) is 52.2 Å². The van der Waals surface area contributed by atoms with Gasteiger partial charge < -0.3 is 15.4 Å². The van der Waals surface area contributed by atoms with Gasteiger partial charge in [-0.3, -0.25) is 4.99 Å². The van der Waals surface area contributed by atoms with Crippen molar-refractivity contribution in [3.05, 3.63) is 0 Å². The maximum absolute atomic E-state index is 5.87. The van der Waals surface area contributed by atoms with Crippen LogP contribution in [0.2, 0.25) is 0 Å². The van der Waals surface area contributed by atoms with E-state index in [9.17, 15) is 0 Å². The second-order valence-corrected chi connectivity index (χ2v) is 8.61. The average molecular weight is 437 g/mol. The SMILES string of the molecule is CCNC(=NCCCC(C)(C)C)NC1C2CCOC2C1(C)C.I.